The Morgan fingerprint density at radius 1 is 1.22 bits per heavy atom. The van der Waals surface area contributed by atoms with Crippen LogP contribution in [-0.2, 0) is 0 Å². The van der Waals surface area contributed by atoms with Gasteiger partial charge in [0.25, 0.3) is 0 Å². The molecule has 1 saturated heterocycles. The van der Waals surface area contributed by atoms with E-state index in [1.807, 2.05) is 0 Å². The van der Waals surface area contributed by atoms with Crippen LogP contribution in [0.25, 0.3) is 0 Å². The molecule has 18 heavy (non-hydrogen) atoms. The number of hydrogen-bond acceptors (Lipinski definition) is 2. The molecule has 1 aromatic carbocycles. The maximum Gasteiger partial charge on any atom is 0.573 e. The molecule has 6 heteroatoms. The molecule has 0 unspecified atom stereocenters. The van der Waals surface area contributed by atoms with E-state index in [0.717, 1.165) is 37.2 Å². The van der Waals surface area contributed by atoms with Gasteiger partial charge in [-0.05, 0) is 53.4 Å². The van der Waals surface area contributed by atoms with Crippen molar-refractivity contribution in [2.24, 2.45) is 0 Å². The van der Waals surface area contributed by atoms with Crippen LogP contribution < -0.4 is 9.64 Å². The Labute approximate surface area is 112 Å². The van der Waals surface area contributed by atoms with Crippen LogP contribution in [0.5, 0.6) is 5.75 Å². The Morgan fingerprint density at radius 3 is 2.33 bits per heavy atom. The normalized spacial score (nSPS) is 16.2. The van der Waals surface area contributed by atoms with Gasteiger partial charge in [0.05, 0.1) is 5.69 Å². The van der Waals surface area contributed by atoms with Gasteiger partial charge in [0.15, 0.2) is 0 Å². The van der Waals surface area contributed by atoms with Gasteiger partial charge in [-0.15, -0.1) is 13.2 Å². The third-order valence-corrected chi connectivity index (χ3v) is 3.49. The van der Waals surface area contributed by atoms with Gasteiger partial charge in [-0.25, -0.2) is 0 Å². The van der Waals surface area contributed by atoms with E-state index in [1.165, 1.54) is 12.1 Å². The second-order valence-corrected chi connectivity index (χ2v) is 5.17. The zero-order valence-electron chi connectivity index (χ0n) is 9.85. The fraction of sp³-hybridized carbons (Fsp3) is 0.500. The predicted molar refractivity (Wildman–Crippen MR) is 67.0 cm³/mol. The van der Waals surface area contributed by atoms with E-state index in [0.29, 0.717) is 4.47 Å². The van der Waals surface area contributed by atoms with Crippen LogP contribution in [0.2, 0.25) is 0 Å². The maximum absolute atomic E-state index is 12.2. The van der Waals surface area contributed by atoms with Crippen molar-refractivity contribution in [3.63, 3.8) is 0 Å². The number of nitrogens with zero attached hydrogens (tertiary/aromatic N) is 1. The Balaban J connectivity index is 2.29. The highest BCUT2D eigenvalue weighted by Crippen LogP contribution is 2.37. The van der Waals surface area contributed by atoms with Crippen molar-refractivity contribution in [2.45, 2.75) is 26.1 Å². The van der Waals surface area contributed by atoms with E-state index < -0.39 is 6.36 Å². The molecule has 0 atom stereocenters. The predicted octanol–water partition coefficient (Wildman–Crippen LogP) is 4.26. The molecule has 0 aliphatic carbocycles. The number of anilines is 1. The second-order valence-electron chi connectivity index (χ2n) is 4.31. The average molecular weight is 324 g/mol. The molecule has 1 fully saturated rings. The molecule has 1 heterocycles. The van der Waals surface area contributed by atoms with E-state index in [2.05, 4.69) is 25.6 Å². The summed E-state index contributed by atoms with van der Waals surface area (Å²) in [7, 11) is 0. The molecule has 0 radical (unpaired) electrons. The Hall–Kier alpha value is -0.910. The summed E-state index contributed by atoms with van der Waals surface area (Å²) < 4.78 is 41.0. The first kappa shape index (κ1) is 13.5. The zero-order valence-corrected chi connectivity index (χ0v) is 11.4. The fourth-order valence-corrected chi connectivity index (χ4v) is 3.03. The molecule has 0 amide bonds. The Morgan fingerprint density at radius 2 is 1.83 bits per heavy atom. The lowest BCUT2D eigenvalue weighted by molar-refractivity contribution is -0.274. The minimum atomic E-state index is -4.65. The van der Waals surface area contributed by atoms with Crippen LogP contribution in [0.15, 0.2) is 16.6 Å². The highest BCUT2D eigenvalue weighted by Gasteiger charge is 2.31. The summed E-state index contributed by atoms with van der Waals surface area (Å²) in [4.78, 5) is 2.18. The number of aryl methyl sites for hydroxylation is 1. The molecule has 1 aliphatic heterocycles. The zero-order chi connectivity index (χ0) is 13.3. The molecule has 0 saturated carbocycles. The van der Waals surface area contributed by atoms with E-state index in [9.17, 15) is 13.2 Å². The lowest BCUT2D eigenvalue weighted by Gasteiger charge is -2.22. The van der Waals surface area contributed by atoms with Crippen molar-refractivity contribution < 1.29 is 17.9 Å². The van der Waals surface area contributed by atoms with Crippen LogP contribution in [0, 0.1) is 6.92 Å². The summed E-state index contributed by atoms with van der Waals surface area (Å²) in [5.41, 5.74) is 1.74. The van der Waals surface area contributed by atoms with E-state index in [1.54, 1.807) is 6.92 Å². The summed E-state index contributed by atoms with van der Waals surface area (Å²) in [6, 6.07) is 2.79. The summed E-state index contributed by atoms with van der Waals surface area (Å²) in [5.74, 6) is -0.185. The van der Waals surface area contributed by atoms with Crippen molar-refractivity contribution in [2.75, 3.05) is 18.0 Å². The van der Waals surface area contributed by atoms with Gasteiger partial charge in [-0.2, -0.15) is 0 Å². The minimum absolute atomic E-state index is 0.185. The SMILES string of the molecule is Cc1cc(OC(F)(F)F)cc(Br)c1N1CCCC1. The first-order chi connectivity index (χ1) is 8.37. The summed E-state index contributed by atoms with van der Waals surface area (Å²) in [5, 5.41) is 0. The smallest absolute Gasteiger partial charge is 0.406 e. The third-order valence-electron chi connectivity index (χ3n) is 2.88. The average Bonchev–Trinajstić information content (AvgIpc) is 2.66. The van der Waals surface area contributed by atoms with Crippen molar-refractivity contribution in [1.82, 2.24) is 0 Å². The topological polar surface area (TPSA) is 12.5 Å². The highest BCUT2D eigenvalue weighted by molar-refractivity contribution is 9.10. The van der Waals surface area contributed by atoms with Gasteiger partial charge in [0.1, 0.15) is 5.75 Å². The van der Waals surface area contributed by atoms with Crippen molar-refractivity contribution in [3.8, 4) is 5.75 Å². The van der Waals surface area contributed by atoms with Crippen LogP contribution in [0.3, 0.4) is 0 Å². The number of ether oxygens (including phenoxy) is 1. The van der Waals surface area contributed by atoms with E-state index in [-0.39, 0.29) is 5.75 Å². The molecule has 1 aliphatic rings. The molecule has 0 aromatic heterocycles. The summed E-state index contributed by atoms with van der Waals surface area (Å²) in [6.45, 7) is 3.68. The Bertz CT molecular complexity index is 418. The Kier molecular flexibility index (Phi) is 3.75. The van der Waals surface area contributed by atoms with Crippen molar-refractivity contribution in [3.05, 3.63) is 22.2 Å². The fourth-order valence-electron chi connectivity index (χ4n) is 2.24. The van der Waals surface area contributed by atoms with Crippen LogP contribution in [0.4, 0.5) is 18.9 Å². The van der Waals surface area contributed by atoms with Crippen molar-refractivity contribution in [1.29, 1.82) is 0 Å². The number of hydrogen-bond donors (Lipinski definition) is 0. The first-order valence-corrected chi connectivity index (χ1v) is 6.47. The highest BCUT2D eigenvalue weighted by atomic mass is 79.9. The quantitative estimate of drug-likeness (QED) is 0.806. The molecule has 0 spiro atoms. The molecule has 2 nitrogen and oxygen atoms in total. The molecule has 1 aromatic rings. The van der Waals surface area contributed by atoms with Crippen molar-refractivity contribution >= 4 is 21.6 Å². The monoisotopic (exact) mass is 323 g/mol. The lowest BCUT2D eigenvalue weighted by atomic mass is 10.1. The first-order valence-electron chi connectivity index (χ1n) is 5.67. The number of alkyl halides is 3. The lowest BCUT2D eigenvalue weighted by Crippen LogP contribution is -2.20. The number of rotatable bonds is 2. The molecule has 0 N–H and O–H groups in total. The van der Waals surface area contributed by atoms with Gasteiger partial charge >= 0.3 is 6.36 Å². The molecular weight excluding hydrogens is 311 g/mol. The maximum atomic E-state index is 12.2. The standard InChI is InChI=1S/C12H13BrF3NO/c1-8-6-9(18-12(14,15)16)7-10(13)11(8)17-4-2-3-5-17/h6-7H,2-5H2,1H3. The number of benzene rings is 1. The van der Waals surface area contributed by atoms with E-state index in [4.69, 9.17) is 0 Å². The van der Waals surface area contributed by atoms with Crippen LogP contribution >= 0.6 is 15.9 Å². The summed E-state index contributed by atoms with van der Waals surface area (Å²) >= 11 is 3.33. The second kappa shape index (κ2) is 4.99. The van der Waals surface area contributed by atoms with Gasteiger partial charge in [-0.1, -0.05) is 0 Å². The summed E-state index contributed by atoms with van der Waals surface area (Å²) in [6.07, 6.45) is -2.42. The van der Waals surface area contributed by atoms with Gasteiger partial charge in [-0.3, -0.25) is 0 Å². The molecule has 100 valence electrons. The van der Waals surface area contributed by atoms with Gasteiger partial charge in [0, 0.05) is 17.6 Å². The van der Waals surface area contributed by atoms with Gasteiger partial charge < -0.3 is 9.64 Å². The molecular formula is C12H13BrF3NO. The minimum Gasteiger partial charge on any atom is -0.406 e. The number of halogens is 4. The van der Waals surface area contributed by atoms with Crippen LogP contribution in [-0.4, -0.2) is 19.5 Å². The molecule has 2 rings (SSSR count). The third kappa shape index (κ3) is 3.10. The largest absolute Gasteiger partial charge is 0.573 e. The van der Waals surface area contributed by atoms with E-state index >= 15 is 0 Å². The molecule has 0 bridgehead atoms. The van der Waals surface area contributed by atoms with Crippen LogP contribution in [0.1, 0.15) is 18.4 Å². The van der Waals surface area contributed by atoms with Gasteiger partial charge in [0.2, 0.25) is 0 Å².